The number of hydrogen-bond donors (Lipinski definition) is 0. The van der Waals surface area contributed by atoms with Gasteiger partial charge in [0.05, 0.1) is 13.0 Å². The van der Waals surface area contributed by atoms with Gasteiger partial charge in [0, 0.05) is 7.05 Å². The van der Waals surface area contributed by atoms with Crippen molar-refractivity contribution in [3.8, 4) is 0 Å². The highest BCUT2D eigenvalue weighted by molar-refractivity contribution is 5.82. The van der Waals surface area contributed by atoms with Crippen molar-refractivity contribution in [2.75, 3.05) is 13.6 Å². The topological polar surface area (TPSA) is 43.6 Å². The van der Waals surface area contributed by atoms with E-state index in [1.807, 2.05) is 0 Å². The average Bonchev–Trinajstić information content (AvgIpc) is 2.26. The minimum atomic E-state index is -0.0727. The summed E-state index contributed by atoms with van der Waals surface area (Å²) in [6.07, 6.45) is 0.518. The predicted octanol–water partition coefficient (Wildman–Crippen LogP) is -0.865. The van der Waals surface area contributed by atoms with Crippen LogP contribution in [0.2, 0.25) is 0 Å². The molecule has 0 spiro atoms. The van der Waals surface area contributed by atoms with Crippen molar-refractivity contribution in [1.82, 2.24) is 10.2 Å². The Kier molecular flexibility index (Phi) is 1.18. The molecule has 2 aliphatic rings. The van der Waals surface area contributed by atoms with E-state index in [1.165, 1.54) is 0 Å². The summed E-state index contributed by atoms with van der Waals surface area (Å²) < 4.78 is 5.32. The van der Waals surface area contributed by atoms with Crippen LogP contribution < -0.4 is 5.32 Å². The van der Waals surface area contributed by atoms with Gasteiger partial charge in [0.25, 0.3) is 0 Å². The molecule has 2 heterocycles. The number of nitrogens with zero attached hydrogens (tertiary/aromatic N) is 2. The maximum absolute atomic E-state index is 10.8. The van der Waals surface area contributed by atoms with Gasteiger partial charge < -0.3 is 9.64 Å². The first-order chi connectivity index (χ1) is 4.81. The van der Waals surface area contributed by atoms with Crippen LogP contribution in [0.5, 0.6) is 0 Å². The standard InChI is InChI=1S/C6H9N2O2/c1-7-4-3-8-5(9)2-6(8)10-4/h4,6H,2-3H2,1H3. The molecule has 1 amide bonds. The molecule has 0 bridgehead atoms. The summed E-state index contributed by atoms with van der Waals surface area (Å²) in [6.45, 7) is 0.653. The second kappa shape index (κ2) is 1.93. The summed E-state index contributed by atoms with van der Waals surface area (Å²) in [5.74, 6) is 0.191. The van der Waals surface area contributed by atoms with Crippen molar-refractivity contribution < 1.29 is 9.53 Å². The van der Waals surface area contributed by atoms with Crippen LogP contribution in [0.15, 0.2) is 0 Å². The SMILES string of the molecule is C[N]C1CN2C(=O)CC2O1. The first kappa shape index (κ1) is 6.12. The molecular weight excluding hydrogens is 132 g/mol. The summed E-state index contributed by atoms with van der Waals surface area (Å²) in [5.41, 5.74) is 0. The van der Waals surface area contributed by atoms with Gasteiger partial charge >= 0.3 is 0 Å². The molecule has 2 atom stereocenters. The highest BCUT2D eigenvalue weighted by Crippen LogP contribution is 2.27. The minimum Gasteiger partial charge on any atom is -0.336 e. The van der Waals surface area contributed by atoms with Crippen LogP contribution in [0.4, 0.5) is 0 Å². The first-order valence-electron chi connectivity index (χ1n) is 3.35. The van der Waals surface area contributed by atoms with Gasteiger partial charge in [-0.25, -0.2) is 5.32 Å². The van der Waals surface area contributed by atoms with E-state index < -0.39 is 0 Å². The van der Waals surface area contributed by atoms with Crippen LogP contribution in [0.3, 0.4) is 0 Å². The van der Waals surface area contributed by atoms with Crippen molar-refractivity contribution in [3.05, 3.63) is 0 Å². The fraction of sp³-hybridized carbons (Fsp3) is 0.833. The van der Waals surface area contributed by atoms with Gasteiger partial charge in [-0.15, -0.1) is 0 Å². The molecule has 0 N–H and O–H groups in total. The molecule has 4 nitrogen and oxygen atoms in total. The van der Waals surface area contributed by atoms with Gasteiger partial charge in [-0.3, -0.25) is 4.79 Å². The lowest BCUT2D eigenvalue weighted by Gasteiger charge is -2.31. The number of rotatable bonds is 1. The Morgan fingerprint density at radius 3 is 3.10 bits per heavy atom. The number of β-lactam (4-membered cyclic amide) rings is 1. The Morgan fingerprint density at radius 1 is 1.80 bits per heavy atom. The monoisotopic (exact) mass is 141 g/mol. The van der Waals surface area contributed by atoms with E-state index >= 15 is 0 Å². The lowest BCUT2D eigenvalue weighted by atomic mass is 10.2. The molecule has 4 heteroatoms. The van der Waals surface area contributed by atoms with Crippen molar-refractivity contribution >= 4 is 5.91 Å². The highest BCUT2D eigenvalue weighted by atomic mass is 16.5. The van der Waals surface area contributed by atoms with Crippen molar-refractivity contribution in [2.24, 2.45) is 0 Å². The van der Waals surface area contributed by atoms with Gasteiger partial charge in [-0.05, 0) is 0 Å². The second-order valence-corrected chi connectivity index (χ2v) is 2.55. The van der Waals surface area contributed by atoms with Crippen LogP contribution in [-0.2, 0) is 9.53 Å². The Labute approximate surface area is 59.1 Å². The number of likely N-dealkylation sites (N-methyl/N-ethyl adjacent to an activating group) is 1. The summed E-state index contributed by atoms with van der Waals surface area (Å²) in [7, 11) is 1.71. The number of carbonyl (C=O) groups excluding carboxylic acids is 1. The molecule has 0 aromatic rings. The number of carbonyl (C=O) groups is 1. The van der Waals surface area contributed by atoms with Crippen LogP contribution in [0.25, 0.3) is 0 Å². The lowest BCUT2D eigenvalue weighted by Crippen LogP contribution is -2.48. The zero-order valence-electron chi connectivity index (χ0n) is 5.78. The molecule has 2 aliphatic heterocycles. The third-order valence-electron chi connectivity index (χ3n) is 1.97. The van der Waals surface area contributed by atoms with E-state index in [0.717, 1.165) is 0 Å². The molecule has 0 aromatic heterocycles. The van der Waals surface area contributed by atoms with Gasteiger partial charge in [-0.1, -0.05) is 0 Å². The van der Waals surface area contributed by atoms with E-state index in [-0.39, 0.29) is 18.4 Å². The maximum atomic E-state index is 10.8. The van der Waals surface area contributed by atoms with Gasteiger partial charge in [-0.2, -0.15) is 0 Å². The summed E-state index contributed by atoms with van der Waals surface area (Å²) in [5, 5.41) is 3.95. The molecule has 0 aromatic carbocycles. The fourth-order valence-electron chi connectivity index (χ4n) is 1.30. The predicted molar refractivity (Wildman–Crippen MR) is 33.0 cm³/mol. The average molecular weight is 141 g/mol. The molecule has 55 valence electrons. The second-order valence-electron chi connectivity index (χ2n) is 2.55. The Morgan fingerprint density at radius 2 is 2.60 bits per heavy atom. The summed E-state index contributed by atoms with van der Waals surface area (Å²) >= 11 is 0. The minimum absolute atomic E-state index is 0.0428. The van der Waals surface area contributed by atoms with Crippen molar-refractivity contribution in [2.45, 2.75) is 18.9 Å². The van der Waals surface area contributed by atoms with Gasteiger partial charge in [0.2, 0.25) is 5.91 Å². The van der Waals surface area contributed by atoms with E-state index in [2.05, 4.69) is 5.32 Å². The normalized spacial score (nSPS) is 37.7. The smallest absolute Gasteiger partial charge is 0.229 e. The number of amides is 1. The largest absolute Gasteiger partial charge is 0.336 e. The molecule has 1 radical (unpaired) electrons. The highest BCUT2D eigenvalue weighted by Gasteiger charge is 2.44. The van der Waals surface area contributed by atoms with Crippen LogP contribution >= 0.6 is 0 Å². The third-order valence-corrected chi connectivity index (χ3v) is 1.97. The van der Waals surface area contributed by atoms with Gasteiger partial charge in [0.1, 0.15) is 12.5 Å². The van der Waals surface area contributed by atoms with Gasteiger partial charge in [0.15, 0.2) is 0 Å². The Bertz CT molecular complexity index is 171. The number of fused-ring (bicyclic) bond motifs is 1. The summed E-state index contributed by atoms with van der Waals surface area (Å²) in [6, 6.07) is 0. The zero-order chi connectivity index (χ0) is 7.14. The molecule has 2 unspecified atom stereocenters. The zero-order valence-corrected chi connectivity index (χ0v) is 5.78. The first-order valence-corrected chi connectivity index (χ1v) is 3.35. The molecule has 10 heavy (non-hydrogen) atoms. The van der Waals surface area contributed by atoms with E-state index in [1.54, 1.807) is 11.9 Å². The molecule has 2 fully saturated rings. The Balaban J connectivity index is 1.99. The van der Waals surface area contributed by atoms with Crippen LogP contribution in [-0.4, -0.2) is 36.9 Å². The third kappa shape index (κ3) is 0.660. The number of ether oxygens (including phenoxy) is 1. The fourth-order valence-corrected chi connectivity index (χ4v) is 1.30. The Hall–Kier alpha value is -0.610. The summed E-state index contributed by atoms with van der Waals surface area (Å²) in [4.78, 5) is 12.5. The van der Waals surface area contributed by atoms with Crippen molar-refractivity contribution in [1.29, 1.82) is 0 Å². The molecule has 2 rings (SSSR count). The van der Waals surface area contributed by atoms with Crippen LogP contribution in [0.1, 0.15) is 6.42 Å². The number of hydrogen-bond acceptors (Lipinski definition) is 2. The maximum Gasteiger partial charge on any atom is 0.229 e. The van der Waals surface area contributed by atoms with E-state index in [0.29, 0.717) is 13.0 Å². The lowest BCUT2D eigenvalue weighted by molar-refractivity contribution is -0.156. The van der Waals surface area contributed by atoms with Crippen molar-refractivity contribution in [3.63, 3.8) is 0 Å². The van der Waals surface area contributed by atoms with E-state index in [9.17, 15) is 4.79 Å². The van der Waals surface area contributed by atoms with E-state index in [4.69, 9.17) is 4.74 Å². The molecule has 0 saturated carbocycles. The van der Waals surface area contributed by atoms with Crippen LogP contribution in [0, 0.1) is 0 Å². The molecule has 0 aliphatic carbocycles. The molecular formula is C6H9N2O2. The quantitative estimate of drug-likeness (QED) is 0.446. The molecule has 2 saturated heterocycles.